The van der Waals surface area contributed by atoms with Gasteiger partial charge in [0.25, 0.3) is 0 Å². The number of benzene rings is 2. The number of nitrogens with zero attached hydrogens (tertiary/aromatic N) is 5. The maximum Gasteiger partial charge on any atom is 0.232 e. The second-order valence-corrected chi connectivity index (χ2v) is 6.94. The second-order valence-electron chi connectivity index (χ2n) is 6.53. The third-order valence-corrected chi connectivity index (χ3v) is 4.84. The van der Waals surface area contributed by atoms with E-state index >= 15 is 0 Å². The average molecular weight is 436 g/mol. The van der Waals surface area contributed by atoms with Gasteiger partial charge in [0.15, 0.2) is 23.3 Å². The number of anilines is 2. The zero-order valence-electron chi connectivity index (χ0n) is 15.6. The first kappa shape index (κ1) is 19.0. The summed E-state index contributed by atoms with van der Waals surface area (Å²) < 4.78 is 27.8. The van der Waals surface area contributed by atoms with Crippen LogP contribution in [-0.2, 0) is 0 Å². The lowest BCUT2D eigenvalue weighted by molar-refractivity contribution is 0.590. The van der Waals surface area contributed by atoms with Crippen LogP contribution in [0.1, 0.15) is 0 Å². The van der Waals surface area contributed by atoms with Gasteiger partial charge >= 0.3 is 0 Å². The predicted molar refractivity (Wildman–Crippen MR) is 113 cm³/mol. The van der Waals surface area contributed by atoms with Crippen molar-refractivity contribution in [3.63, 3.8) is 0 Å². The van der Waals surface area contributed by atoms with E-state index in [0.717, 1.165) is 6.07 Å². The number of fused-ring (bicyclic) bond motifs is 1. The molecule has 0 bridgehead atoms. The first-order valence-electron chi connectivity index (χ1n) is 9.10. The Morgan fingerprint density at radius 1 is 0.903 bits per heavy atom. The highest BCUT2D eigenvalue weighted by Crippen LogP contribution is 2.29. The Morgan fingerprint density at radius 2 is 1.68 bits per heavy atom. The van der Waals surface area contributed by atoms with E-state index in [1.807, 2.05) is 6.07 Å². The maximum atomic E-state index is 14.0. The minimum absolute atomic E-state index is 0.0682. The van der Waals surface area contributed by atoms with Crippen molar-refractivity contribution in [2.75, 3.05) is 5.32 Å². The fourth-order valence-electron chi connectivity index (χ4n) is 3.07. The van der Waals surface area contributed by atoms with Crippen molar-refractivity contribution in [2.24, 2.45) is 0 Å². The van der Waals surface area contributed by atoms with Gasteiger partial charge < -0.3 is 5.32 Å². The zero-order valence-corrected chi connectivity index (χ0v) is 16.4. The van der Waals surface area contributed by atoms with Crippen LogP contribution >= 0.6 is 11.6 Å². The van der Waals surface area contributed by atoms with E-state index < -0.39 is 11.6 Å². The summed E-state index contributed by atoms with van der Waals surface area (Å²) in [4.78, 5) is 17.4. The normalized spacial score (nSPS) is 11.1. The van der Waals surface area contributed by atoms with Crippen molar-refractivity contribution in [1.82, 2.24) is 30.1 Å². The predicted octanol–water partition coefficient (Wildman–Crippen LogP) is 5.15. The van der Waals surface area contributed by atoms with Crippen molar-refractivity contribution >= 4 is 34.3 Å². The highest BCUT2D eigenvalue weighted by atomic mass is 35.5. The van der Waals surface area contributed by atoms with Gasteiger partial charge in [-0.2, -0.15) is 15.1 Å². The van der Waals surface area contributed by atoms with Crippen LogP contribution in [0.25, 0.3) is 33.7 Å². The number of H-pyrrole nitrogens is 1. The number of nitrogens with one attached hydrogen (secondary N) is 2. The van der Waals surface area contributed by atoms with Crippen molar-refractivity contribution in [2.45, 2.75) is 0 Å². The average Bonchev–Trinajstić information content (AvgIpc) is 3.17. The Balaban J connectivity index is 1.65. The Kier molecular flexibility index (Phi) is 4.72. The number of aromatic amines is 1. The molecule has 5 aromatic rings. The van der Waals surface area contributed by atoms with E-state index in [0.29, 0.717) is 27.8 Å². The molecule has 2 N–H and O–H groups in total. The Hall–Kier alpha value is -3.98. The molecule has 0 amide bonds. The first-order valence-corrected chi connectivity index (χ1v) is 9.48. The summed E-state index contributed by atoms with van der Waals surface area (Å²) in [5.74, 6) is -0.473. The molecule has 7 nitrogen and oxygen atoms in total. The Morgan fingerprint density at radius 3 is 2.48 bits per heavy atom. The Labute approximate surface area is 179 Å². The number of rotatable bonds is 4. The third kappa shape index (κ3) is 3.66. The highest BCUT2D eigenvalue weighted by Gasteiger charge is 2.16. The quantitative estimate of drug-likeness (QED) is 0.405. The van der Waals surface area contributed by atoms with Gasteiger partial charge in [0.1, 0.15) is 11.3 Å². The van der Waals surface area contributed by atoms with Crippen LogP contribution < -0.4 is 5.32 Å². The summed E-state index contributed by atoms with van der Waals surface area (Å²) in [5.41, 5.74) is 1.38. The minimum Gasteiger partial charge on any atom is -0.307 e. The maximum absolute atomic E-state index is 14.0. The molecule has 0 aliphatic carbocycles. The molecule has 0 saturated heterocycles. The van der Waals surface area contributed by atoms with E-state index in [-0.39, 0.29) is 22.7 Å². The highest BCUT2D eigenvalue weighted by molar-refractivity contribution is 6.33. The lowest BCUT2D eigenvalue weighted by Gasteiger charge is -2.09. The van der Waals surface area contributed by atoms with Crippen LogP contribution in [0.15, 0.2) is 60.9 Å². The van der Waals surface area contributed by atoms with E-state index in [1.54, 1.807) is 42.7 Å². The fraction of sp³-hybridized carbons (Fsp3) is 0. The van der Waals surface area contributed by atoms with Crippen LogP contribution in [0.2, 0.25) is 5.02 Å². The summed E-state index contributed by atoms with van der Waals surface area (Å²) >= 11 is 6.33. The van der Waals surface area contributed by atoms with Crippen LogP contribution in [0, 0.1) is 11.6 Å². The van der Waals surface area contributed by atoms with Gasteiger partial charge in [0.05, 0.1) is 10.4 Å². The first-order chi connectivity index (χ1) is 15.1. The van der Waals surface area contributed by atoms with Crippen molar-refractivity contribution in [1.29, 1.82) is 0 Å². The topological polar surface area (TPSA) is 92.3 Å². The Bertz CT molecular complexity index is 1410. The van der Waals surface area contributed by atoms with Gasteiger partial charge in [-0.15, -0.1) is 0 Å². The van der Waals surface area contributed by atoms with E-state index in [4.69, 9.17) is 11.6 Å². The van der Waals surface area contributed by atoms with E-state index in [1.165, 1.54) is 6.07 Å². The molecule has 31 heavy (non-hydrogen) atoms. The molecular formula is C21H12ClF2N7. The molecule has 2 aromatic carbocycles. The minimum atomic E-state index is -0.750. The molecule has 152 valence electrons. The molecule has 0 radical (unpaired) electrons. The van der Waals surface area contributed by atoms with E-state index in [9.17, 15) is 8.78 Å². The van der Waals surface area contributed by atoms with Gasteiger partial charge in [0.2, 0.25) is 5.95 Å². The summed E-state index contributed by atoms with van der Waals surface area (Å²) in [6.07, 6.45) is 3.24. The zero-order chi connectivity index (χ0) is 21.4. The molecule has 10 heteroatoms. The van der Waals surface area contributed by atoms with Gasteiger partial charge in [-0.1, -0.05) is 23.7 Å². The number of hydrogen-bond donors (Lipinski definition) is 2. The second kappa shape index (κ2) is 7.69. The van der Waals surface area contributed by atoms with Crippen LogP contribution in [-0.4, -0.2) is 30.1 Å². The van der Waals surface area contributed by atoms with Crippen LogP contribution in [0.3, 0.4) is 0 Å². The molecule has 0 aliphatic rings. The van der Waals surface area contributed by atoms with Gasteiger partial charge in [-0.25, -0.2) is 13.8 Å². The SMILES string of the molecule is Fc1cc(F)c2[nH]nc(Nc3nc(-c4ccncc4)nc(-c4ccccc4Cl)n3)c2c1. The molecule has 5 rings (SSSR count). The summed E-state index contributed by atoms with van der Waals surface area (Å²) in [6.45, 7) is 0. The van der Waals surface area contributed by atoms with Gasteiger partial charge in [0, 0.05) is 29.6 Å². The summed E-state index contributed by atoms with van der Waals surface area (Å²) in [6, 6.07) is 12.6. The molecule has 0 saturated carbocycles. The summed E-state index contributed by atoms with van der Waals surface area (Å²) in [5, 5.41) is 10.2. The van der Waals surface area contributed by atoms with Gasteiger partial charge in [-0.3, -0.25) is 10.1 Å². The number of pyridine rings is 1. The van der Waals surface area contributed by atoms with Crippen molar-refractivity contribution < 1.29 is 8.78 Å². The monoisotopic (exact) mass is 435 g/mol. The molecular weight excluding hydrogens is 424 g/mol. The molecule has 0 fully saturated rings. The fourth-order valence-corrected chi connectivity index (χ4v) is 3.29. The van der Waals surface area contributed by atoms with Crippen molar-refractivity contribution in [3.8, 4) is 22.8 Å². The lowest BCUT2D eigenvalue weighted by Crippen LogP contribution is -2.04. The smallest absolute Gasteiger partial charge is 0.232 e. The molecule has 3 heterocycles. The van der Waals surface area contributed by atoms with Gasteiger partial charge in [-0.05, 0) is 30.3 Å². The number of aromatic nitrogens is 6. The largest absolute Gasteiger partial charge is 0.307 e. The summed E-state index contributed by atoms with van der Waals surface area (Å²) in [7, 11) is 0. The van der Waals surface area contributed by atoms with Crippen molar-refractivity contribution in [3.05, 3.63) is 77.6 Å². The number of halogens is 3. The third-order valence-electron chi connectivity index (χ3n) is 4.51. The molecule has 0 unspecified atom stereocenters. The standard InChI is InChI=1S/C21H12ClF2N7/c22-15-4-2-1-3-13(15)19-26-18(11-5-7-25-8-6-11)27-21(28-19)29-20-14-9-12(23)10-16(24)17(14)30-31-20/h1-10H,(H2,26,27,28,29,30,31). The number of hydrogen-bond acceptors (Lipinski definition) is 6. The molecule has 0 spiro atoms. The lowest BCUT2D eigenvalue weighted by atomic mass is 10.2. The molecule has 3 aromatic heterocycles. The van der Waals surface area contributed by atoms with E-state index in [2.05, 4.69) is 35.5 Å². The van der Waals surface area contributed by atoms with Crippen LogP contribution in [0.5, 0.6) is 0 Å². The van der Waals surface area contributed by atoms with Crippen LogP contribution in [0.4, 0.5) is 20.5 Å². The molecule has 0 aliphatic heterocycles. The molecule has 0 atom stereocenters.